The average Bonchev–Trinajstić information content (AvgIpc) is 2.88. The van der Waals surface area contributed by atoms with E-state index in [1.165, 1.54) is 5.56 Å². The van der Waals surface area contributed by atoms with E-state index in [0.717, 1.165) is 24.5 Å². The summed E-state index contributed by atoms with van der Waals surface area (Å²) < 4.78 is 5.44. The van der Waals surface area contributed by atoms with Crippen molar-refractivity contribution in [3.8, 4) is 0 Å². The van der Waals surface area contributed by atoms with E-state index >= 15 is 0 Å². The zero-order chi connectivity index (χ0) is 11.9. The molecule has 4 nitrogen and oxygen atoms in total. The number of anilines is 1. The number of aromatic nitrogens is 2. The Kier molecular flexibility index (Phi) is 4.16. The number of hydrogen-bond donors (Lipinski definition) is 2. The molecule has 1 aromatic carbocycles. The minimum atomic E-state index is 0.642. The number of aromatic amines is 1. The molecule has 0 fully saturated rings. The Bertz CT molecular complexity index is 440. The van der Waals surface area contributed by atoms with Gasteiger partial charge < -0.3 is 15.0 Å². The van der Waals surface area contributed by atoms with Crippen LogP contribution in [0.3, 0.4) is 0 Å². The van der Waals surface area contributed by atoms with Crippen molar-refractivity contribution in [1.82, 2.24) is 9.97 Å². The second kappa shape index (κ2) is 6.06. The van der Waals surface area contributed by atoms with Crippen molar-refractivity contribution in [2.75, 3.05) is 11.9 Å². The Hall–Kier alpha value is -1.81. The molecule has 1 aromatic heterocycles. The summed E-state index contributed by atoms with van der Waals surface area (Å²) in [5.41, 5.74) is 3.35. The van der Waals surface area contributed by atoms with Gasteiger partial charge in [0, 0.05) is 24.1 Å². The van der Waals surface area contributed by atoms with E-state index in [1.807, 2.05) is 25.3 Å². The third-order valence-electron chi connectivity index (χ3n) is 2.50. The van der Waals surface area contributed by atoms with Crippen LogP contribution in [0.5, 0.6) is 0 Å². The first kappa shape index (κ1) is 11.7. The van der Waals surface area contributed by atoms with E-state index in [9.17, 15) is 0 Å². The summed E-state index contributed by atoms with van der Waals surface area (Å²) in [4.78, 5) is 7.05. The SMILES string of the molecule is CCOCc1ccccc1NCc1cnc[nH]1. The number of hydrogen-bond acceptors (Lipinski definition) is 3. The quantitative estimate of drug-likeness (QED) is 0.803. The fourth-order valence-electron chi connectivity index (χ4n) is 1.60. The molecule has 0 saturated heterocycles. The molecule has 1 heterocycles. The minimum Gasteiger partial charge on any atom is -0.379 e. The number of H-pyrrole nitrogens is 1. The molecular weight excluding hydrogens is 214 g/mol. The summed E-state index contributed by atoms with van der Waals surface area (Å²) in [6, 6.07) is 8.18. The van der Waals surface area contributed by atoms with Gasteiger partial charge in [0.25, 0.3) is 0 Å². The lowest BCUT2D eigenvalue weighted by Crippen LogP contribution is -2.03. The molecule has 2 rings (SSSR count). The lowest BCUT2D eigenvalue weighted by atomic mass is 10.2. The zero-order valence-corrected chi connectivity index (χ0v) is 9.94. The van der Waals surface area contributed by atoms with Gasteiger partial charge in [-0.2, -0.15) is 0 Å². The van der Waals surface area contributed by atoms with Crippen LogP contribution >= 0.6 is 0 Å². The van der Waals surface area contributed by atoms with Crippen LogP contribution in [0.1, 0.15) is 18.2 Å². The standard InChI is InChI=1S/C13H17N3O/c1-2-17-9-11-5-3-4-6-13(11)15-8-12-7-14-10-16-12/h3-7,10,15H,2,8-9H2,1H3,(H,14,16). The Morgan fingerprint density at radius 1 is 1.35 bits per heavy atom. The molecule has 2 N–H and O–H groups in total. The number of nitrogens with zero attached hydrogens (tertiary/aromatic N) is 1. The molecule has 0 aliphatic carbocycles. The number of benzene rings is 1. The van der Waals surface area contributed by atoms with Crippen molar-refractivity contribution in [1.29, 1.82) is 0 Å². The van der Waals surface area contributed by atoms with Gasteiger partial charge in [0.15, 0.2) is 0 Å². The second-order valence-electron chi connectivity index (χ2n) is 3.72. The molecular formula is C13H17N3O. The molecule has 0 aliphatic rings. The minimum absolute atomic E-state index is 0.642. The third-order valence-corrected chi connectivity index (χ3v) is 2.50. The van der Waals surface area contributed by atoms with Gasteiger partial charge in [0.05, 0.1) is 25.2 Å². The number of nitrogens with one attached hydrogen (secondary N) is 2. The molecule has 0 aliphatic heterocycles. The van der Waals surface area contributed by atoms with E-state index in [4.69, 9.17) is 4.74 Å². The molecule has 0 radical (unpaired) electrons. The van der Waals surface area contributed by atoms with E-state index in [-0.39, 0.29) is 0 Å². The Morgan fingerprint density at radius 3 is 3.00 bits per heavy atom. The lowest BCUT2D eigenvalue weighted by molar-refractivity contribution is 0.134. The van der Waals surface area contributed by atoms with Crippen molar-refractivity contribution in [2.45, 2.75) is 20.1 Å². The summed E-state index contributed by atoms with van der Waals surface area (Å²) in [5.74, 6) is 0. The summed E-state index contributed by atoms with van der Waals surface area (Å²) in [6.45, 7) is 4.11. The number of para-hydroxylation sites is 1. The summed E-state index contributed by atoms with van der Waals surface area (Å²) >= 11 is 0. The second-order valence-corrected chi connectivity index (χ2v) is 3.72. The predicted molar refractivity (Wildman–Crippen MR) is 67.7 cm³/mol. The highest BCUT2D eigenvalue weighted by Gasteiger charge is 2.01. The maximum absolute atomic E-state index is 5.44. The molecule has 0 atom stereocenters. The first-order valence-electron chi connectivity index (χ1n) is 5.77. The topological polar surface area (TPSA) is 49.9 Å². The van der Waals surface area contributed by atoms with Crippen LogP contribution in [0.25, 0.3) is 0 Å². The smallest absolute Gasteiger partial charge is 0.0922 e. The Morgan fingerprint density at radius 2 is 2.24 bits per heavy atom. The number of imidazole rings is 1. The first-order valence-corrected chi connectivity index (χ1v) is 5.77. The van der Waals surface area contributed by atoms with Crippen LogP contribution < -0.4 is 5.32 Å². The Balaban J connectivity index is 1.99. The maximum Gasteiger partial charge on any atom is 0.0922 e. The molecule has 4 heteroatoms. The highest BCUT2D eigenvalue weighted by atomic mass is 16.5. The first-order chi connectivity index (χ1) is 8.40. The van der Waals surface area contributed by atoms with Crippen LogP contribution in [0.4, 0.5) is 5.69 Å². The van der Waals surface area contributed by atoms with Gasteiger partial charge in [-0.25, -0.2) is 4.98 Å². The lowest BCUT2D eigenvalue weighted by Gasteiger charge is -2.11. The van der Waals surface area contributed by atoms with Gasteiger partial charge in [0.1, 0.15) is 0 Å². The van der Waals surface area contributed by atoms with Crippen LogP contribution in [0, 0.1) is 0 Å². The number of rotatable bonds is 6. The van der Waals surface area contributed by atoms with Gasteiger partial charge >= 0.3 is 0 Å². The monoisotopic (exact) mass is 231 g/mol. The van der Waals surface area contributed by atoms with E-state index in [2.05, 4.69) is 27.4 Å². The van der Waals surface area contributed by atoms with Gasteiger partial charge in [-0.05, 0) is 13.0 Å². The van der Waals surface area contributed by atoms with E-state index in [1.54, 1.807) is 6.33 Å². The maximum atomic E-state index is 5.44. The third kappa shape index (κ3) is 3.32. The Labute approximate surface area is 101 Å². The fraction of sp³-hybridized carbons (Fsp3) is 0.308. The number of ether oxygens (including phenoxy) is 1. The van der Waals surface area contributed by atoms with Crippen LogP contribution in [0.15, 0.2) is 36.8 Å². The van der Waals surface area contributed by atoms with Crippen molar-refractivity contribution in [3.05, 3.63) is 48.0 Å². The van der Waals surface area contributed by atoms with E-state index in [0.29, 0.717) is 6.61 Å². The molecule has 17 heavy (non-hydrogen) atoms. The van der Waals surface area contributed by atoms with Crippen molar-refractivity contribution in [2.24, 2.45) is 0 Å². The highest BCUT2D eigenvalue weighted by Crippen LogP contribution is 2.16. The molecule has 0 spiro atoms. The molecule has 0 saturated carbocycles. The zero-order valence-electron chi connectivity index (χ0n) is 9.94. The normalized spacial score (nSPS) is 10.4. The van der Waals surface area contributed by atoms with Crippen LogP contribution in [0.2, 0.25) is 0 Å². The largest absolute Gasteiger partial charge is 0.379 e. The van der Waals surface area contributed by atoms with Gasteiger partial charge in [-0.15, -0.1) is 0 Å². The molecule has 0 amide bonds. The summed E-state index contributed by atoms with van der Waals surface area (Å²) in [6.07, 6.45) is 3.50. The van der Waals surface area contributed by atoms with Gasteiger partial charge in [0.2, 0.25) is 0 Å². The summed E-state index contributed by atoms with van der Waals surface area (Å²) in [5, 5.41) is 3.37. The fourth-order valence-corrected chi connectivity index (χ4v) is 1.60. The van der Waals surface area contributed by atoms with Gasteiger partial charge in [-0.3, -0.25) is 0 Å². The summed E-state index contributed by atoms with van der Waals surface area (Å²) in [7, 11) is 0. The van der Waals surface area contributed by atoms with Crippen molar-refractivity contribution >= 4 is 5.69 Å². The van der Waals surface area contributed by atoms with E-state index < -0.39 is 0 Å². The molecule has 90 valence electrons. The molecule has 0 bridgehead atoms. The predicted octanol–water partition coefficient (Wildman–Crippen LogP) is 2.56. The molecule has 2 aromatic rings. The average molecular weight is 231 g/mol. The highest BCUT2D eigenvalue weighted by molar-refractivity contribution is 5.50. The van der Waals surface area contributed by atoms with Gasteiger partial charge in [-0.1, -0.05) is 18.2 Å². The van der Waals surface area contributed by atoms with Crippen LogP contribution in [-0.4, -0.2) is 16.6 Å². The van der Waals surface area contributed by atoms with Crippen molar-refractivity contribution in [3.63, 3.8) is 0 Å². The van der Waals surface area contributed by atoms with Crippen LogP contribution in [-0.2, 0) is 17.9 Å². The molecule has 0 unspecified atom stereocenters. The van der Waals surface area contributed by atoms with Crippen molar-refractivity contribution < 1.29 is 4.74 Å².